The molecule has 0 fully saturated rings. The average molecular weight is 375 g/mol. The smallest absolute Gasteiger partial charge is 0.314 e. The van der Waals surface area contributed by atoms with Gasteiger partial charge in [0, 0.05) is 25.6 Å². The molecule has 2 amide bonds. The maximum absolute atomic E-state index is 11.8. The predicted octanol–water partition coefficient (Wildman–Crippen LogP) is 2.06. The van der Waals surface area contributed by atoms with E-state index in [1.807, 2.05) is 36.4 Å². The number of carbonyl (C=O) groups excluding carboxylic acids is 1. The zero-order valence-corrected chi connectivity index (χ0v) is 15.6. The molecule has 0 heterocycles. The van der Waals surface area contributed by atoms with Gasteiger partial charge in [-0.1, -0.05) is 60.7 Å². The molecule has 0 spiro atoms. The molecular formula is C19H25N3O3S. The first-order valence-corrected chi connectivity index (χ1v) is 10.4. The van der Waals surface area contributed by atoms with Gasteiger partial charge in [0.05, 0.1) is 6.26 Å². The summed E-state index contributed by atoms with van der Waals surface area (Å²) in [6.07, 6.45) is 1.85. The normalized spacial score (nSPS) is 11.3. The quantitative estimate of drug-likeness (QED) is 0.586. The molecule has 2 aromatic rings. The standard InChI is InChI=1S/C19H25N3O3S/c1-26(24,25)22-15-14-21-19(23)20-13-12-18(16-8-4-2-5-9-16)17-10-6-3-7-11-17/h2-11,18,22H,12-15H2,1H3,(H2,20,21,23). The molecule has 0 aliphatic rings. The lowest BCUT2D eigenvalue weighted by Gasteiger charge is -2.18. The minimum absolute atomic E-state index is 0.170. The van der Waals surface area contributed by atoms with Gasteiger partial charge in [-0.25, -0.2) is 17.9 Å². The maximum atomic E-state index is 11.8. The molecule has 26 heavy (non-hydrogen) atoms. The first-order chi connectivity index (χ1) is 12.5. The van der Waals surface area contributed by atoms with E-state index in [1.165, 1.54) is 11.1 Å². The zero-order valence-electron chi connectivity index (χ0n) is 14.8. The summed E-state index contributed by atoms with van der Waals surface area (Å²) in [4.78, 5) is 11.8. The second kappa shape index (κ2) is 9.94. The highest BCUT2D eigenvalue weighted by molar-refractivity contribution is 7.88. The van der Waals surface area contributed by atoms with Gasteiger partial charge in [-0.15, -0.1) is 0 Å². The Morgan fingerprint density at radius 2 is 1.35 bits per heavy atom. The number of nitrogens with one attached hydrogen (secondary N) is 3. The molecule has 0 radical (unpaired) electrons. The monoisotopic (exact) mass is 375 g/mol. The molecule has 0 saturated heterocycles. The molecule has 0 atom stereocenters. The Labute approximate surface area is 155 Å². The lowest BCUT2D eigenvalue weighted by atomic mass is 9.88. The predicted molar refractivity (Wildman–Crippen MR) is 104 cm³/mol. The Morgan fingerprint density at radius 1 is 0.846 bits per heavy atom. The third-order valence-electron chi connectivity index (χ3n) is 3.90. The molecule has 2 rings (SSSR count). The van der Waals surface area contributed by atoms with Gasteiger partial charge in [-0.05, 0) is 17.5 Å². The van der Waals surface area contributed by atoms with Crippen LogP contribution in [0.4, 0.5) is 4.79 Å². The van der Waals surface area contributed by atoms with Crippen LogP contribution in [0.1, 0.15) is 23.5 Å². The van der Waals surface area contributed by atoms with Gasteiger partial charge in [0.2, 0.25) is 10.0 Å². The molecule has 0 aliphatic carbocycles. The fourth-order valence-corrected chi connectivity index (χ4v) is 3.17. The minimum Gasteiger partial charge on any atom is -0.338 e. The van der Waals surface area contributed by atoms with E-state index in [9.17, 15) is 13.2 Å². The van der Waals surface area contributed by atoms with Crippen LogP contribution in [0, 0.1) is 0 Å². The van der Waals surface area contributed by atoms with E-state index in [1.54, 1.807) is 0 Å². The van der Waals surface area contributed by atoms with Gasteiger partial charge in [0.15, 0.2) is 0 Å². The minimum atomic E-state index is -3.23. The second-order valence-corrected chi connectivity index (χ2v) is 7.84. The van der Waals surface area contributed by atoms with E-state index in [0.29, 0.717) is 6.54 Å². The Hall–Kier alpha value is -2.38. The molecule has 140 valence electrons. The highest BCUT2D eigenvalue weighted by Crippen LogP contribution is 2.27. The fourth-order valence-electron chi connectivity index (χ4n) is 2.70. The number of sulfonamides is 1. The van der Waals surface area contributed by atoms with Crippen molar-refractivity contribution in [3.05, 3.63) is 71.8 Å². The van der Waals surface area contributed by atoms with Crippen molar-refractivity contribution in [3.8, 4) is 0 Å². The van der Waals surface area contributed by atoms with Gasteiger partial charge < -0.3 is 10.6 Å². The maximum Gasteiger partial charge on any atom is 0.314 e. The summed E-state index contributed by atoms with van der Waals surface area (Å²) in [5.41, 5.74) is 2.41. The second-order valence-electron chi connectivity index (χ2n) is 6.01. The Balaban J connectivity index is 1.83. The first kappa shape index (κ1) is 19.9. The average Bonchev–Trinajstić information content (AvgIpc) is 2.63. The Bertz CT molecular complexity index is 741. The van der Waals surface area contributed by atoms with E-state index >= 15 is 0 Å². The largest absolute Gasteiger partial charge is 0.338 e. The summed E-state index contributed by atoms with van der Waals surface area (Å²) in [6, 6.07) is 20.1. The molecule has 3 N–H and O–H groups in total. The molecule has 7 heteroatoms. The van der Waals surface area contributed by atoms with Crippen molar-refractivity contribution in [2.45, 2.75) is 12.3 Å². The zero-order chi connectivity index (χ0) is 18.8. The van der Waals surface area contributed by atoms with Crippen molar-refractivity contribution in [2.24, 2.45) is 0 Å². The number of carbonyl (C=O) groups is 1. The van der Waals surface area contributed by atoms with Gasteiger partial charge in [-0.3, -0.25) is 0 Å². The number of rotatable bonds is 9. The highest BCUT2D eigenvalue weighted by atomic mass is 32.2. The van der Waals surface area contributed by atoms with Crippen LogP contribution in [0.25, 0.3) is 0 Å². The molecule has 2 aromatic carbocycles. The van der Waals surface area contributed by atoms with E-state index in [4.69, 9.17) is 0 Å². The van der Waals surface area contributed by atoms with E-state index in [2.05, 4.69) is 39.6 Å². The van der Waals surface area contributed by atoms with Crippen LogP contribution >= 0.6 is 0 Å². The van der Waals surface area contributed by atoms with Gasteiger partial charge in [-0.2, -0.15) is 0 Å². The van der Waals surface area contributed by atoms with Crippen molar-refractivity contribution in [1.82, 2.24) is 15.4 Å². The lowest BCUT2D eigenvalue weighted by Crippen LogP contribution is -2.40. The van der Waals surface area contributed by atoms with E-state index in [-0.39, 0.29) is 25.0 Å². The number of amides is 2. The lowest BCUT2D eigenvalue weighted by molar-refractivity contribution is 0.241. The molecular weight excluding hydrogens is 350 g/mol. The van der Waals surface area contributed by atoms with Crippen molar-refractivity contribution >= 4 is 16.1 Å². The number of hydrogen-bond donors (Lipinski definition) is 3. The summed E-state index contributed by atoms with van der Waals surface area (Å²) in [7, 11) is -3.23. The van der Waals surface area contributed by atoms with Crippen LogP contribution in [0.2, 0.25) is 0 Å². The fraction of sp³-hybridized carbons (Fsp3) is 0.316. The first-order valence-electron chi connectivity index (χ1n) is 8.52. The van der Waals surface area contributed by atoms with Crippen LogP contribution in [0.15, 0.2) is 60.7 Å². The highest BCUT2D eigenvalue weighted by Gasteiger charge is 2.14. The van der Waals surface area contributed by atoms with Crippen LogP contribution < -0.4 is 15.4 Å². The Kier molecular flexibility index (Phi) is 7.62. The summed E-state index contributed by atoms with van der Waals surface area (Å²) in [6.45, 7) is 0.919. The van der Waals surface area contributed by atoms with Gasteiger partial charge >= 0.3 is 6.03 Å². The summed E-state index contributed by atoms with van der Waals surface area (Å²) >= 11 is 0. The van der Waals surface area contributed by atoms with Crippen molar-refractivity contribution in [3.63, 3.8) is 0 Å². The Morgan fingerprint density at radius 3 is 1.85 bits per heavy atom. The van der Waals surface area contributed by atoms with Crippen LogP contribution in [0.3, 0.4) is 0 Å². The summed E-state index contributed by atoms with van der Waals surface area (Å²) in [5, 5.41) is 5.45. The third kappa shape index (κ3) is 7.25. The molecule has 0 saturated carbocycles. The van der Waals surface area contributed by atoms with E-state index < -0.39 is 10.0 Å². The number of benzene rings is 2. The molecule has 0 bridgehead atoms. The van der Waals surface area contributed by atoms with E-state index in [0.717, 1.165) is 12.7 Å². The van der Waals surface area contributed by atoms with Crippen LogP contribution in [0.5, 0.6) is 0 Å². The number of hydrogen-bond acceptors (Lipinski definition) is 3. The van der Waals surface area contributed by atoms with Crippen LogP contribution in [-0.2, 0) is 10.0 Å². The van der Waals surface area contributed by atoms with Crippen molar-refractivity contribution in [2.75, 3.05) is 25.9 Å². The van der Waals surface area contributed by atoms with Crippen molar-refractivity contribution < 1.29 is 13.2 Å². The molecule has 0 unspecified atom stereocenters. The third-order valence-corrected chi connectivity index (χ3v) is 4.63. The molecule has 0 aliphatic heterocycles. The number of urea groups is 1. The topological polar surface area (TPSA) is 87.3 Å². The molecule has 0 aromatic heterocycles. The van der Waals surface area contributed by atoms with Gasteiger partial charge in [0.25, 0.3) is 0 Å². The molecule has 6 nitrogen and oxygen atoms in total. The SMILES string of the molecule is CS(=O)(=O)NCCNC(=O)NCCC(c1ccccc1)c1ccccc1. The van der Waals surface area contributed by atoms with Gasteiger partial charge in [0.1, 0.15) is 0 Å². The summed E-state index contributed by atoms with van der Waals surface area (Å²) < 4.78 is 24.2. The van der Waals surface area contributed by atoms with Crippen molar-refractivity contribution in [1.29, 1.82) is 0 Å². The van der Waals surface area contributed by atoms with Crippen LogP contribution in [-0.4, -0.2) is 40.3 Å². The summed E-state index contributed by atoms with van der Waals surface area (Å²) in [5.74, 6) is 0.199.